The van der Waals surface area contributed by atoms with Crippen LogP contribution in [-0.4, -0.2) is 30.1 Å². The van der Waals surface area contributed by atoms with Crippen LogP contribution >= 0.6 is 11.8 Å². The van der Waals surface area contributed by atoms with Crippen LogP contribution in [0, 0.1) is 6.92 Å². The fourth-order valence-corrected chi connectivity index (χ4v) is 3.60. The number of thioether (sulfide) groups is 1. The summed E-state index contributed by atoms with van der Waals surface area (Å²) in [6, 6.07) is 7.64. The molecule has 2 unspecified atom stereocenters. The molecule has 1 fully saturated rings. The van der Waals surface area contributed by atoms with Crippen LogP contribution in [-0.2, 0) is 6.42 Å². The smallest absolute Gasteiger partial charge is 0.0402 e. The van der Waals surface area contributed by atoms with Gasteiger partial charge >= 0.3 is 0 Å². The van der Waals surface area contributed by atoms with Crippen LogP contribution < -0.4 is 10.6 Å². The standard InChI is InChI=1S/C15H24N2S/c1-11-4-5-15(14(8-11)9-12(2)16)17-6-7-18-10-13(17)3/h4-5,8,12-13H,6-7,9-10,16H2,1-3H3. The summed E-state index contributed by atoms with van der Waals surface area (Å²) in [6.07, 6.45) is 0.966. The minimum absolute atomic E-state index is 0.222. The highest BCUT2D eigenvalue weighted by atomic mass is 32.2. The van der Waals surface area contributed by atoms with E-state index in [9.17, 15) is 0 Å². The number of hydrogen-bond donors (Lipinski definition) is 1. The lowest BCUT2D eigenvalue weighted by Crippen LogP contribution is -2.41. The highest BCUT2D eigenvalue weighted by Gasteiger charge is 2.21. The number of anilines is 1. The summed E-state index contributed by atoms with van der Waals surface area (Å²) >= 11 is 2.06. The summed E-state index contributed by atoms with van der Waals surface area (Å²) in [6.45, 7) is 7.72. The van der Waals surface area contributed by atoms with Crippen LogP contribution in [0.4, 0.5) is 5.69 Å². The molecule has 2 rings (SSSR count). The van der Waals surface area contributed by atoms with Crippen LogP contribution in [0.25, 0.3) is 0 Å². The number of aryl methyl sites for hydroxylation is 1. The normalized spacial score (nSPS) is 22.0. The molecule has 0 aliphatic carbocycles. The van der Waals surface area contributed by atoms with Crippen molar-refractivity contribution >= 4 is 17.4 Å². The summed E-state index contributed by atoms with van der Waals surface area (Å²) in [4.78, 5) is 2.55. The van der Waals surface area contributed by atoms with Gasteiger partial charge < -0.3 is 10.6 Å². The largest absolute Gasteiger partial charge is 0.367 e. The monoisotopic (exact) mass is 264 g/mol. The van der Waals surface area contributed by atoms with Crippen molar-refractivity contribution in [3.8, 4) is 0 Å². The summed E-state index contributed by atoms with van der Waals surface area (Å²) in [5.41, 5.74) is 10.1. The molecule has 1 aromatic rings. The van der Waals surface area contributed by atoms with Gasteiger partial charge in [-0.1, -0.05) is 17.7 Å². The first-order valence-electron chi connectivity index (χ1n) is 6.77. The lowest BCUT2D eigenvalue weighted by atomic mass is 10.0. The molecule has 1 aliphatic heterocycles. The van der Waals surface area contributed by atoms with Gasteiger partial charge in [0.15, 0.2) is 0 Å². The Bertz CT molecular complexity index is 403. The maximum Gasteiger partial charge on any atom is 0.0402 e. The number of rotatable bonds is 3. The van der Waals surface area contributed by atoms with Crippen molar-refractivity contribution in [1.29, 1.82) is 0 Å². The molecule has 1 aliphatic rings. The van der Waals surface area contributed by atoms with Gasteiger partial charge in [-0.25, -0.2) is 0 Å². The molecule has 0 bridgehead atoms. The van der Waals surface area contributed by atoms with Crippen LogP contribution in [0.2, 0.25) is 0 Å². The Morgan fingerprint density at radius 2 is 2.28 bits per heavy atom. The van der Waals surface area contributed by atoms with Crippen molar-refractivity contribution in [3.05, 3.63) is 29.3 Å². The minimum atomic E-state index is 0.222. The molecule has 3 heteroatoms. The predicted octanol–water partition coefficient (Wildman–Crippen LogP) is 2.83. The Balaban J connectivity index is 2.30. The van der Waals surface area contributed by atoms with Crippen molar-refractivity contribution in [3.63, 3.8) is 0 Å². The minimum Gasteiger partial charge on any atom is -0.367 e. The van der Waals surface area contributed by atoms with Crippen molar-refractivity contribution in [2.24, 2.45) is 5.73 Å². The maximum atomic E-state index is 5.98. The molecule has 0 spiro atoms. The maximum absolute atomic E-state index is 5.98. The van der Waals surface area contributed by atoms with E-state index in [1.54, 1.807) is 0 Å². The summed E-state index contributed by atoms with van der Waals surface area (Å²) in [5.74, 6) is 2.46. The van der Waals surface area contributed by atoms with E-state index in [2.05, 4.69) is 55.6 Å². The Kier molecular flexibility index (Phi) is 4.57. The number of hydrogen-bond acceptors (Lipinski definition) is 3. The zero-order chi connectivity index (χ0) is 13.1. The third-order valence-electron chi connectivity index (χ3n) is 3.45. The molecule has 1 heterocycles. The molecule has 0 radical (unpaired) electrons. The second-order valence-corrected chi connectivity index (χ2v) is 6.58. The predicted molar refractivity (Wildman–Crippen MR) is 82.7 cm³/mol. The Labute approximate surface area is 115 Å². The van der Waals surface area contributed by atoms with Crippen molar-refractivity contribution in [2.45, 2.75) is 39.3 Å². The van der Waals surface area contributed by atoms with E-state index in [-0.39, 0.29) is 6.04 Å². The molecule has 0 aromatic heterocycles. The molecule has 1 saturated heterocycles. The molecule has 2 nitrogen and oxygen atoms in total. The van der Waals surface area contributed by atoms with Gasteiger partial charge in [0.25, 0.3) is 0 Å². The first-order chi connectivity index (χ1) is 8.58. The topological polar surface area (TPSA) is 29.3 Å². The van der Waals surface area contributed by atoms with E-state index < -0.39 is 0 Å². The van der Waals surface area contributed by atoms with Gasteiger partial charge in [0, 0.05) is 35.8 Å². The highest BCUT2D eigenvalue weighted by Crippen LogP contribution is 2.28. The van der Waals surface area contributed by atoms with Gasteiger partial charge in [-0.05, 0) is 38.8 Å². The van der Waals surface area contributed by atoms with E-state index in [1.807, 2.05) is 0 Å². The van der Waals surface area contributed by atoms with Gasteiger partial charge in [-0.2, -0.15) is 11.8 Å². The average Bonchev–Trinajstić information content (AvgIpc) is 2.30. The second-order valence-electron chi connectivity index (χ2n) is 5.43. The van der Waals surface area contributed by atoms with Gasteiger partial charge in [0.05, 0.1) is 0 Å². The van der Waals surface area contributed by atoms with Gasteiger partial charge in [0.2, 0.25) is 0 Å². The molecular weight excluding hydrogens is 240 g/mol. The van der Waals surface area contributed by atoms with Crippen LogP contribution in [0.15, 0.2) is 18.2 Å². The first kappa shape index (κ1) is 13.8. The molecule has 18 heavy (non-hydrogen) atoms. The zero-order valence-corrected chi connectivity index (χ0v) is 12.5. The average molecular weight is 264 g/mol. The third-order valence-corrected chi connectivity index (χ3v) is 4.64. The van der Waals surface area contributed by atoms with E-state index in [0.29, 0.717) is 6.04 Å². The third kappa shape index (κ3) is 3.21. The van der Waals surface area contributed by atoms with Crippen LogP contribution in [0.3, 0.4) is 0 Å². The Morgan fingerprint density at radius 1 is 1.50 bits per heavy atom. The Morgan fingerprint density at radius 3 is 2.94 bits per heavy atom. The zero-order valence-electron chi connectivity index (χ0n) is 11.6. The summed E-state index contributed by atoms with van der Waals surface area (Å²) < 4.78 is 0. The van der Waals surface area contributed by atoms with Gasteiger partial charge in [-0.3, -0.25) is 0 Å². The van der Waals surface area contributed by atoms with Gasteiger partial charge in [0.1, 0.15) is 0 Å². The molecule has 1 aromatic carbocycles. The lowest BCUT2D eigenvalue weighted by molar-refractivity contribution is 0.684. The lowest BCUT2D eigenvalue weighted by Gasteiger charge is -2.36. The quantitative estimate of drug-likeness (QED) is 0.910. The van der Waals surface area contributed by atoms with E-state index >= 15 is 0 Å². The molecular formula is C15H24N2S. The van der Waals surface area contributed by atoms with Crippen LogP contribution in [0.5, 0.6) is 0 Å². The molecule has 2 N–H and O–H groups in total. The van der Waals surface area contributed by atoms with Crippen molar-refractivity contribution in [2.75, 3.05) is 23.0 Å². The number of benzene rings is 1. The van der Waals surface area contributed by atoms with Crippen molar-refractivity contribution in [1.82, 2.24) is 0 Å². The number of nitrogens with zero attached hydrogens (tertiary/aromatic N) is 1. The summed E-state index contributed by atoms with van der Waals surface area (Å²) in [5, 5.41) is 0. The van der Waals surface area contributed by atoms with Crippen molar-refractivity contribution < 1.29 is 0 Å². The SMILES string of the molecule is Cc1ccc(N2CCSCC2C)c(CC(C)N)c1. The van der Waals surface area contributed by atoms with Gasteiger partial charge in [-0.15, -0.1) is 0 Å². The first-order valence-corrected chi connectivity index (χ1v) is 7.93. The molecule has 0 amide bonds. The number of nitrogens with two attached hydrogens (primary N) is 1. The fourth-order valence-electron chi connectivity index (χ4n) is 2.59. The molecule has 100 valence electrons. The molecule has 2 atom stereocenters. The van der Waals surface area contributed by atoms with E-state index in [4.69, 9.17) is 5.73 Å². The van der Waals surface area contributed by atoms with E-state index in [0.717, 1.165) is 13.0 Å². The molecule has 0 saturated carbocycles. The van der Waals surface area contributed by atoms with E-state index in [1.165, 1.54) is 28.3 Å². The highest BCUT2D eigenvalue weighted by molar-refractivity contribution is 7.99. The van der Waals surface area contributed by atoms with Crippen LogP contribution in [0.1, 0.15) is 25.0 Å². The second kappa shape index (κ2) is 5.98. The fraction of sp³-hybridized carbons (Fsp3) is 0.600. The Hall–Kier alpha value is -0.670. The summed E-state index contributed by atoms with van der Waals surface area (Å²) in [7, 11) is 0.